The van der Waals surface area contributed by atoms with Crippen LogP contribution in [0.4, 0.5) is 4.79 Å². The molecule has 1 aromatic carbocycles. The Morgan fingerprint density at radius 3 is 2.48 bits per heavy atom. The van der Waals surface area contributed by atoms with Crippen molar-refractivity contribution in [2.75, 3.05) is 20.3 Å². The maximum atomic E-state index is 12.6. The summed E-state index contributed by atoms with van der Waals surface area (Å²) in [6, 6.07) is 3.46. The first kappa shape index (κ1) is 24.4. The second kappa shape index (κ2) is 11.0. The summed E-state index contributed by atoms with van der Waals surface area (Å²) in [6.45, 7) is 1.96. The summed E-state index contributed by atoms with van der Waals surface area (Å²) in [5.74, 6) is -2.52. The van der Waals surface area contributed by atoms with Crippen molar-refractivity contribution in [2.45, 2.75) is 57.6 Å². The number of carbonyl (C=O) groups excluding carboxylic acids is 5. The van der Waals surface area contributed by atoms with Crippen LogP contribution < -0.4 is 10.6 Å². The van der Waals surface area contributed by atoms with E-state index in [-0.39, 0.29) is 29.3 Å². The van der Waals surface area contributed by atoms with Crippen molar-refractivity contribution in [3.05, 3.63) is 34.9 Å². The molecule has 0 unspecified atom stereocenters. The van der Waals surface area contributed by atoms with Gasteiger partial charge >= 0.3 is 12.0 Å². The quantitative estimate of drug-likeness (QED) is 0.345. The Kier molecular flexibility index (Phi) is 8.16. The molecule has 2 aliphatic rings. The number of ether oxygens (including phenoxy) is 2. The lowest BCUT2D eigenvalue weighted by Gasteiger charge is -2.23. The predicted octanol–water partition coefficient (Wildman–Crippen LogP) is 2.02. The van der Waals surface area contributed by atoms with Crippen molar-refractivity contribution < 1.29 is 33.4 Å². The molecule has 0 saturated heterocycles. The molecule has 178 valence electrons. The molecule has 0 aromatic heterocycles. The summed E-state index contributed by atoms with van der Waals surface area (Å²) in [7, 11) is 1.53. The maximum Gasteiger partial charge on any atom is 0.338 e. The zero-order chi connectivity index (χ0) is 24.0. The van der Waals surface area contributed by atoms with Crippen molar-refractivity contribution >= 4 is 29.7 Å². The lowest BCUT2D eigenvalue weighted by molar-refractivity contribution is -0.127. The standard InChI is InChI=1S/C23H29N3O7/c1-14(19(27)25-23(31)24-16-7-4-3-5-8-16)33-22(30)15-9-10-17-18(13-15)21(29)26(20(17)28)11-6-12-32-2/h9-10,13-14,16H,3-8,11-12H2,1-2H3,(H2,24,25,27,31)/t14-/m0/s1. The van der Waals surface area contributed by atoms with Gasteiger partial charge in [-0.1, -0.05) is 19.3 Å². The van der Waals surface area contributed by atoms with Crippen molar-refractivity contribution in [3.8, 4) is 0 Å². The number of hydrogen-bond acceptors (Lipinski definition) is 7. The molecular weight excluding hydrogens is 430 g/mol. The van der Waals surface area contributed by atoms with Crippen LogP contribution in [0.25, 0.3) is 0 Å². The second-order valence-corrected chi connectivity index (χ2v) is 8.21. The summed E-state index contributed by atoms with van der Waals surface area (Å²) in [5, 5.41) is 4.94. The van der Waals surface area contributed by atoms with Crippen LogP contribution in [0.5, 0.6) is 0 Å². The third-order valence-corrected chi connectivity index (χ3v) is 5.77. The number of methoxy groups -OCH3 is 1. The average Bonchev–Trinajstić information content (AvgIpc) is 3.04. The molecular formula is C23H29N3O7. The zero-order valence-electron chi connectivity index (χ0n) is 18.8. The Morgan fingerprint density at radius 2 is 1.79 bits per heavy atom. The number of benzene rings is 1. The average molecular weight is 459 g/mol. The summed E-state index contributed by atoms with van der Waals surface area (Å²) in [6.07, 6.45) is 4.22. The fourth-order valence-electron chi connectivity index (χ4n) is 3.95. The van der Waals surface area contributed by atoms with Gasteiger partial charge in [0.2, 0.25) is 0 Å². The normalized spacial score (nSPS) is 16.8. The lowest BCUT2D eigenvalue weighted by Crippen LogP contribution is -2.48. The van der Waals surface area contributed by atoms with Crippen LogP contribution in [-0.2, 0) is 14.3 Å². The number of imide groups is 2. The fourth-order valence-corrected chi connectivity index (χ4v) is 3.95. The SMILES string of the molecule is COCCCN1C(=O)c2ccc(C(=O)O[C@@H](C)C(=O)NC(=O)NC3CCCCC3)cc2C1=O. The molecule has 0 radical (unpaired) electrons. The van der Waals surface area contributed by atoms with E-state index in [1.165, 1.54) is 32.2 Å². The molecule has 1 saturated carbocycles. The van der Waals surface area contributed by atoms with Crippen molar-refractivity contribution in [1.82, 2.24) is 15.5 Å². The number of urea groups is 1. The van der Waals surface area contributed by atoms with Gasteiger partial charge in [-0.3, -0.25) is 24.6 Å². The van der Waals surface area contributed by atoms with Gasteiger partial charge in [-0.2, -0.15) is 0 Å². The first-order valence-corrected chi connectivity index (χ1v) is 11.1. The Bertz CT molecular complexity index is 940. The van der Waals surface area contributed by atoms with Gasteiger partial charge in [0.05, 0.1) is 16.7 Å². The largest absolute Gasteiger partial charge is 0.449 e. The van der Waals surface area contributed by atoms with Crippen LogP contribution in [0.2, 0.25) is 0 Å². The topological polar surface area (TPSA) is 131 Å². The molecule has 0 bridgehead atoms. The van der Waals surface area contributed by atoms with Crippen molar-refractivity contribution in [2.24, 2.45) is 0 Å². The van der Waals surface area contributed by atoms with E-state index in [2.05, 4.69) is 10.6 Å². The Morgan fingerprint density at radius 1 is 1.09 bits per heavy atom. The Balaban J connectivity index is 1.56. The molecule has 1 aliphatic carbocycles. The molecule has 3 rings (SSSR count). The van der Waals surface area contributed by atoms with Gasteiger partial charge in [-0.25, -0.2) is 9.59 Å². The number of nitrogens with zero attached hydrogens (tertiary/aromatic N) is 1. The first-order chi connectivity index (χ1) is 15.8. The number of amides is 5. The van der Waals surface area contributed by atoms with Crippen LogP contribution >= 0.6 is 0 Å². The highest BCUT2D eigenvalue weighted by atomic mass is 16.5. The molecule has 10 heteroatoms. The molecule has 1 atom stereocenters. The minimum atomic E-state index is -1.23. The minimum Gasteiger partial charge on any atom is -0.449 e. The molecule has 1 heterocycles. The van der Waals surface area contributed by atoms with Crippen LogP contribution in [0.15, 0.2) is 18.2 Å². The van der Waals surface area contributed by atoms with Gasteiger partial charge in [0.1, 0.15) is 0 Å². The summed E-state index contributed by atoms with van der Waals surface area (Å²) in [4.78, 5) is 63.0. The zero-order valence-corrected chi connectivity index (χ0v) is 18.8. The van der Waals surface area contributed by atoms with E-state index in [1.54, 1.807) is 0 Å². The van der Waals surface area contributed by atoms with Crippen LogP contribution in [0.1, 0.15) is 76.5 Å². The molecule has 2 N–H and O–H groups in total. The number of fused-ring (bicyclic) bond motifs is 1. The molecule has 33 heavy (non-hydrogen) atoms. The van der Waals surface area contributed by atoms with Gasteiger partial charge in [-0.15, -0.1) is 0 Å². The fraction of sp³-hybridized carbons (Fsp3) is 0.522. The van der Waals surface area contributed by atoms with E-state index < -0.39 is 35.8 Å². The second-order valence-electron chi connectivity index (χ2n) is 8.21. The van der Waals surface area contributed by atoms with E-state index in [1.807, 2.05) is 0 Å². The highest BCUT2D eigenvalue weighted by Gasteiger charge is 2.36. The highest BCUT2D eigenvalue weighted by Crippen LogP contribution is 2.25. The maximum absolute atomic E-state index is 12.6. The molecule has 5 amide bonds. The molecule has 0 spiro atoms. The number of rotatable bonds is 8. The number of carbonyl (C=O) groups is 5. The predicted molar refractivity (Wildman–Crippen MR) is 117 cm³/mol. The summed E-state index contributed by atoms with van der Waals surface area (Å²) in [5.41, 5.74) is 0.343. The first-order valence-electron chi connectivity index (χ1n) is 11.1. The highest BCUT2D eigenvalue weighted by molar-refractivity contribution is 6.22. The Hall–Kier alpha value is -3.27. The van der Waals surface area contributed by atoms with Crippen molar-refractivity contribution in [1.29, 1.82) is 0 Å². The summed E-state index contributed by atoms with van der Waals surface area (Å²) < 4.78 is 10.1. The molecule has 1 aliphatic heterocycles. The third-order valence-electron chi connectivity index (χ3n) is 5.77. The molecule has 1 fully saturated rings. The van der Waals surface area contributed by atoms with Crippen LogP contribution in [0, 0.1) is 0 Å². The minimum absolute atomic E-state index is 0.0277. The molecule has 10 nitrogen and oxygen atoms in total. The smallest absolute Gasteiger partial charge is 0.338 e. The van der Waals surface area contributed by atoms with E-state index >= 15 is 0 Å². The van der Waals surface area contributed by atoms with Gasteiger partial charge < -0.3 is 14.8 Å². The van der Waals surface area contributed by atoms with E-state index in [0.717, 1.165) is 37.0 Å². The van der Waals surface area contributed by atoms with Gasteiger partial charge in [-0.05, 0) is 44.4 Å². The number of hydrogen-bond donors (Lipinski definition) is 2. The van der Waals surface area contributed by atoms with Gasteiger partial charge in [0, 0.05) is 26.3 Å². The van der Waals surface area contributed by atoms with Gasteiger partial charge in [0.15, 0.2) is 6.10 Å². The van der Waals surface area contributed by atoms with E-state index in [0.29, 0.717) is 13.0 Å². The molecule has 1 aromatic rings. The Labute approximate surface area is 192 Å². The number of nitrogens with one attached hydrogen (secondary N) is 2. The van der Waals surface area contributed by atoms with Crippen molar-refractivity contribution in [3.63, 3.8) is 0 Å². The summed E-state index contributed by atoms with van der Waals surface area (Å²) >= 11 is 0. The van der Waals surface area contributed by atoms with E-state index in [9.17, 15) is 24.0 Å². The lowest BCUT2D eigenvalue weighted by atomic mass is 9.96. The third kappa shape index (κ3) is 5.95. The van der Waals surface area contributed by atoms with E-state index in [4.69, 9.17) is 9.47 Å². The number of esters is 1. The monoisotopic (exact) mass is 459 g/mol. The van der Waals surface area contributed by atoms with Crippen LogP contribution in [0.3, 0.4) is 0 Å². The van der Waals surface area contributed by atoms with Crippen LogP contribution in [-0.4, -0.2) is 67.0 Å². The van der Waals surface area contributed by atoms with Gasteiger partial charge in [0.25, 0.3) is 17.7 Å².